The highest BCUT2D eigenvalue weighted by Gasteiger charge is 2.30. The first-order valence-corrected chi connectivity index (χ1v) is 13.1. The number of hydrogen-bond donors (Lipinski definition) is 2. The van der Waals surface area contributed by atoms with Crippen LogP contribution in [0.4, 0.5) is 9.59 Å². The van der Waals surface area contributed by atoms with Crippen LogP contribution in [-0.2, 0) is 20.7 Å². The van der Waals surface area contributed by atoms with Crippen molar-refractivity contribution in [3.63, 3.8) is 0 Å². The van der Waals surface area contributed by atoms with Gasteiger partial charge in [0.2, 0.25) is 0 Å². The zero-order valence-corrected chi connectivity index (χ0v) is 22.6. The van der Waals surface area contributed by atoms with Crippen LogP contribution in [0.15, 0.2) is 72.9 Å². The van der Waals surface area contributed by atoms with Gasteiger partial charge in [-0.2, -0.15) is 0 Å². The second-order valence-corrected chi connectivity index (χ2v) is 10.9. The lowest BCUT2D eigenvalue weighted by Gasteiger charge is -2.19. The Morgan fingerprint density at radius 2 is 1.68 bits per heavy atom. The minimum atomic E-state index is -1.32. The molecule has 0 aliphatic heterocycles. The van der Waals surface area contributed by atoms with Crippen molar-refractivity contribution in [1.29, 1.82) is 0 Å². The van der Waals surface area contributed by atoms with E-state index in [0.717, 1.165) is 22.3 Å². The molecule has 2 N–H and O–H groups in total. The number of carboxylic acid groups (broad SMARTS) is 1. The van der Waals surface area contributed by atoms with Crippen molar-refractivity contribution in [2.24, 2.45) is 0 Å². The summed E-state index contributed by atoms with van der Waals surface area (Å²) in [5.41, 5.74) is 5.31. The Morgan fingerprint density at radius 1 is 1.02 bits per heavy atom. The molecular formula is C32H32N2O6. The van der Waals surface area contributed by atoms with Gasteiger partial charge in [0.05, 0.1) is 5.52 Å². The highest BCUT2D eigenvalue weighted by molar-refractivity contribution is 5.93. The fraction of sp³-hybridized carbons (Fsp3) is 0.281. The molecule has 1 aliphatic carbocycles. The number of benzene rings is 3. The molecule has 1 heterocycles. The maximum absolute atomic E-state index is 12.9. The van der Waals surface area contributed by atoms with Crippen molar-refractivity contribution < 1.29 is 30.3 Å². The molecule has 206 valence electrons. The summed E-state index contributed by atoms with van der Waals surface area (Å²) in [5, 5.41) is 13.1. The van der Waals surface area contributed by atoms with Crippen LogP contribution >= 0.6 is 0 Å². The van der Waals surface area contributed by atoms with Gasteiger partial charge >= 0.3 is 18.2 Å². The van der Waals surface area contributed by atoms with Gasteiger partial charge in [-0.05, 0) is 67.6 Å². The summed E-state index contributed by atoms with van der Waals surface area (Å²) < 4.78 is 20.2. The first kappa shape index (κ1) is 25.7. The monoisotopic (exact) mass is 541 g/mol. The van der Waals surface area contributed by atoms with Crippen molar-refractivity contribution in [3.05, 3.63) is 95.2 Å². The highest BCUT2D eigenvalue weighted by atomic mass is 16.6. The minimum absolute atomic E-state index is 0.0212. The molecule has 8 nitrogen and oxygen atoms in total. The fourth-order valence-electron chi connectivity index (χ4n) is 5.17. The third kappa shape index (κ3) is 5.43. The smallest absolute Gasteiger partial charge is 0.419 e. The van der Waals surface area contributed by atoms with E-state index in [1.807, 2.05) is 48.5 Å². The molecule has 1 atom stereocenters. The van der Waals surface area contributed by atoms with Crippen LogP contribution < -0.4 is 5.32 Å². The number of carboxylic acids is 1. The van der Waals surface area contributed by atoms with E-state index in [1.54, 1.807) is 39.0 Å². The summed E-state index contributed by atoms with van der Waals surface area (Å²) in [7, 11) is 0. The molecular weight excluding hydrogens is 508 g/mol. The molecule has 0 unspecified atom stereocenters. The van der Waals surface area contributed by atoms with Crippen LogP contribution in [0.1, 0.15) is 50.3 Å². The number of aliphatic carboxylic acids is 1. The lowest BCUT2D eigenvalue weighted by Crippen LogP contribution is -2.42. The van der Waals surface area contributed by atoms with Crippen molar-refractivity contribution in [2.75, 3.05) is 6.61 Å². The van der Waals surface area contributed by atoms with Gasteiger partial charge in [-0.25, -0.2) is 14.4 Å². The third-order valence-corrected chi connectivity index (χ3v) is 6.90. The standard InChI is InChI=1S/C32H32N2O6/c1-19-13-14-28-25(15-19)20(17-34(28)31(38)40-32(2,3)4)16-27(29(35)36)33-30(37)39-18-26-23-11-7-5-9-21(23)22-10-6-8-12-24(22)26/h5-15,17,26-27H,16,18H2,1-4H3,(H,33,37)(H,35,36)/t27-/m0/s1/i1D. The van der Waals surface area contributed by atoms with Crippen molar-refractivity contribution in [3.8, 4) is 11.1 Å². The molecule has 4 aromatic rings. The normalized spacial score (nSPS) is 13.7. The molecule has 0 spiro atoms. The molecule has 3 aromatic carbocycles. The number of hydrogen-bond acceptors (Lipinski definition) is 5. The SMILES string of the molecule is [2H]Cc1ccc2c(c1)c(C[C@H](NC(=O)OCC1c3ccccc3-c3ccccc31)C(=O)O)cn2C(=O)OC(C)(C)C. The summed E-state index contributed by atoms with van der Waals surface area (Å²) in [6, 6.07) is 19.8. The van der Waals surface area contributed by atoms with Gasteiger partial charge in [-0.15, -0.1) is 0 Å². The third-order valence-electron chi connectivity index (χ3n) is 6.90. The summed E-state index contributed by atoms with van der Waals surface area (Å²) >= 11 is 0. The van der Waals surface area contributed by atoms with E-state index in [2.05, 4.69) is 5.32 Å². The predicted octanol–water partition coefficient (Wildman–Crippen LogP) is 6.27. The van der Waals surface area contributed by atoms with Crippen LogP contribution in [0.5, 0.6) is 0 Å². The van der Waals surface area contributed by atoms with Crippen LogP contribution in [0, 0.1) is 6.90 Å². The van der Waals surface area contributed by atoms with Gasteiger partial charge in [-0.3, -0.25) is 4.57 Å². The highest BCUT2D eigenvalue weighted by Crippen LogP contribution is 2.44. The number of fused-ring (bicyclic) bond motifs is 4. The van der Waals surface area contributed by atoms with Gasteiger partial charge < -0.3 is 19.9 Å². The molecule has 1 amide bonds. The number of alkyl carbamates (subject to hydrolysis) is 1. The lowest BCUT2D eigenvalue weighted by atomic mass is 9.98. The molecule has 5 rings (SSSR count). The molecule has 0 bridgehead atoms. The minimum Gasteiger partial charge on any atom is -0.480 e. The number of nitrogens with one attached hydrogen (secondary N) is 1. The van der Waals surface area contributed by atoms with Gasteiger partial charge in [0.25, 0.3) is 0 Å². The lowest BCUT2D eigenvalue weighted by molar-refractivity contribution is -0.139. The Labute approximate surface area is 233 Å². The maximum atomic E-state index is 12.9. The first-order chi connectivity index (χ1) is 19.6. The summed E-state index contributed by atoms with van der Waals surface area (Å²) in [6.07, 6.45) is -0.0273. The number of nitrogens with zero attached hydrogens (tertiary/aromatic N) is 1. The summed E-state index contributed by atoms with van der Waals surface area (Å²) in [6.45, 7) is 5.35. The van der Waals surface area contributed by atoms with Crippen molar-refractivity contribution in [1.82, 2.24) is 9.88 Å². The zero-order chi connectivity index (χ0) is 29.3. The Bertz CT molecular complexity index is 1590. The molecule has 0 saturated carbocycles. The van der Waals surface area contributed by atoms with E-state index >= 15 is 0 Å². The molecule has 0 fully saturated rings. The van der Waals surface area contributed by atoms with Gasteiger partial charge in [-0.1, -0.05) is 60.2 Å². The molecule has 1 aliphatic rings. The number of aromatic nitrogens is 1. The van der Waals surface area contributed by atoms with E-state index in [1.165, 1.54) is 10.8 Å². The molecule has 1 aromatic heterocycles. The maximum Gasteiger partial charge on any atom is 0.419 e. The number of amides is 1. The topological polar surface area (TPSA) is 107 Å². The van der Waals surface area contributed by atoms with Crippen molar-refractivity contribution >= 4 is 29.1 Å². The first-order valence-electron chi connectivity index (χ1n) is 13.8. The summed E-state index contributed by atoms with van der Waals surface area (Å²) in [4.78, 5) is 38.0. The average Bonchev–Trinajstić information content (AvgIpc) is 3.46. The number of ether oxygens (including phenoxy) is 2. The van der Waals surface area contributed by atoms with Crippen LogP contribution in [-0.4, -0.2) is 46.1 Å². The fourth-order valence-corrected chi connectivity index (χ4v) is 5.17. The van der Waals surface area contributed by atoms with E-state index in [-0.39, 0.29) is 25.8 Å². The Morgan fingerprint density at radius 3 is 2.27 bits per heavy atom. The van der Waals surface area contributed by atoms with Gasteiger partial charge in [0, 0.05) is 25.3 Å². The van der Waals surface area contributed by atoms with Crippen LogP contribution in [0.2, 0.25) is 0 Å². The largest absolute Gasteiger partial charge is 0.480 e. The van der Waals surface area contributed by atoms with Gasteiger partial charge in [0.1, 0.15) is 18.2 Å². The second-order valence-electron chi connectivity index (χ2n) is 10.9. The number of carbonyl (C=O) groups is 3. The van der Waals surface area contributed by atoms with E-state index in [4.69, 9.17) is 10.8 Å². The number of carbonyl (C=O) groups excluding carboxylic acids is 2. The molecule has 0 radical (unpaired) electrons. The molecule has 0 saturated heterocycles. The Balaban J connectivity index is 1.34. The van der Waals surface area contributed by atoms with E-state index in [0.29, 0.717) is 22.0 Å². The molecule has 8 heteroatoms. The van der Waals surface area contributed by atoms with Crippen LogP contribution in [0.25, 0.3) is 22.0 Å². The molecule has 40 heavy (non-hydrogen) atoms. The average molecular weight is 542 g/mol. The van der Waals surface area contributed by atoms with Gasteiger partial charge in [0.15, 0.2) is 0 Å². The predicted molar refractivity (Wildman–Crippen MR) is 152 cm³/mol. The quantitative estimate of drug-likeness (QED) is 0.298. The van der Waals surface area contributed by atoms with Crippen molar-refractivity contribution in [2.45, 2.75) is 51.7 Å². The van der Waals surface area contributed by atoms with Crippen LogP contribution in [0.3, 0.4) is 0 Å². The van der Waals surface area contributed by atoms with E-state index in [9.17, 15) is 19.5 Å². The Kier molecular flexibility index (Phi) is 6.76. The second kappa shape index (κ2) is 10.5. The number of aryl methyl sites for hydroxylation is 1. The number of rotatable bonds is 6. The Hall–Kier alpha value is -4.59. The zero-order valence-electron chi connectivity index (χ0n) is 23.6. The van der Waals surface area contributed by atoms with E-state index < -0.39 is 29.8 Å². The summed E-state index contributed by atoms with van der Waals surface area (Å²) in [5.74, 6) is -1.40.